The van der Waals surface area contributed by atoms with Crippen molar-refractivity contribution in [3.05, 3.63) is 17.6 Å². The van der Waals surface area contributed by atoms with E-state index in [9.17, 15) is 5.11 Å². The molecule has 0 aliphatic heterocycles. The van der Waals surface area contributed by atoms with Gasteiger partial charge in [-0.05, 0) is 30.9 Å². The Morgan fingerprint density at radius 2 is 2.33 bits per heavy atom. The zero-order valence-corrected chi connectivity index (χ0v) is 10.9. The van der Waals surface area contributed by atoms with E-state index in [1.54, 1.807) is 12.3 Å². The summed E-state index contributed by atoms with van der Waals surface area (Å²) in [6.45, 7) is 2.68. The van der Waals surface area contributed by atoms with Crippen LogP contribution in [0.15, 0.2) is 16.7 Å². The van der Waals surface area contributed by atoms with Gasteiger partial charge in [-0.1, -0.05) is 6.92 Å². The van der Waals surface area contributed by atoms with Crippen molar-refractivity contribution in [2.45, 2.75) is 32.3 Å². The molecule has 0 aliphatic carbocycles. The molecule has 2 rings (SSSR count). The number of nitrogens with one attached hydrogen (secondary N) is 1. The highest BCUT2D eigenvalue weighted by atomic mass is 35.5. The molecule has 0 saturated carbocycles. The number of hydrogen-bond acceptors (Lipinski definition) is 5. The second-order valence-electron chi connectivity index (χ2n) is 4.11. The van der Waals surface area contributed by atoms with E-state index >= 15 is 0 Å². The number of nitrogens with zero attached hydrogens (tertiary/aromatic N) is 2. The molecule has 0 aliphatic rings. The molecule has 2 aromatic rings. The van der Waals surface area contributed by atoms with E-state index in [1.807, 2.05) is 6.92 Å². The van der Waals surface area contributed by atoms with Crippen LogP contribution >= 0.6 is 11.6 Å². The average Bonchev–Trinajstić information content (AvgIpc) is 2.81. The fraction of sp³-hybridized carbons (Fsp3) is 0.500. The predicted octanol–water partition coefficient (Wildman–Crippen LogP) is 2.84. The van der Waals surface area contributed by atoms with E-state index in [1.165, 1.54) is 0 Å². The number of anilines is 1. The van der Waals surface area contributed by atoms with Crippen molar-refractivity contribution in [1.29, 1.82) is 0 Å². The Bertz CT molecular complexity index is 515. The van der Waals surface area contributed by atoms with Crippen LogP contribution in [0.4, 0.5) is 5.82 Å². The molecule has 2 aromatic heterocycles. The quantitative estimate of drug-likeness (QED) is 0.623. The number of aliphatic hydroxyl groups excluding tert-OH is 1. The summed E-state index contributed by atoms with van der Waals surface area (Å²) in [6, 6.07) is 1.74. The molecule has 0 bridgehead atoms. The Kier molecular flexibility index (Phi) is 4.38. The summed E-state index contributed by atoms with van der Waals surface area (Å²) >= 11 is 5.82. The van der Waals surface area contributed by atoms with Crippen molar-refractivity contribution in [2.24, 2.45) is 0 Å². The summed E-state index contributed by atoms with van der Waals surface area (Å²) in [6.07, 6.45) is 3.73. The van der Waals surface area contributed by atoms with E-state index in [4.69, 9.17) is 16.0 Å². The molecule has 0 spiro atoms. The molecule has 1 unspecified atom stereocenters. The molecular weight excluding hydrogens is 254 g/mol. The van der Waals surface area contributed by atoms with Crippen molar-refractivity contribution in [2.75, 3.05) is 11.9 Å². The first-order valence-electron chi connectivity index (χ1n) is 6.03. The number of rotatable bonds is 6. The second kappa shape index (κ2) is 6.02. The van der Waals surface area contributed by atoms with Crippen LogP contribution in [0, 0.1) is 0 Å². The van der Waals surface area contributed by atoms with Crippen LogP contribution in [-0.4, -0.2) is 27.7 Å². The Balaban J connectivity index is 1.97. The third-order valence-electron chi connectivity index (χ3n) is 2.75. The molecule has 0 fully saturated rings. The van der Waals surface area contributed by atoms with Gasteiger partial charge in [0.25, 0.3) is 0 Å². The largest absolute Gasteiger partial charge is 0.459 e. The standard InChI is InChI=1S/C12H16ClN3O2/c1-2-8(17)4-3-6-14-11-10-9(5-7-18-10)15-12(13)16-11/h5,7-8,17H,2-4,6H2,1H3,(H,14,15,16). The molecule has 18 heavy (non-hydrogen) atoms. The topological polar surface area (TPSA) is 71.2 Å². The maximum atomic E-state index is 9.44. The summed E-state index contributed by atoms with van der Waals surface area (Å²) in [5, 5.41) is 12.8. The number of furan rings is 1. The molecule has 5 nitrogen and oxygen atoms in total. The van der Waals surface area contributed by atoms with E-state index in [0.717, 1.165) is 19.3 Å². The first-order valence-corrected chi connectivity index (χ1v) is 6.41. The Hall–Kier alpha value is -1.33. The van der Waals surface area contributed by atoms with Crippen molar-refractivity contribution >= 4 is 28.5 Å². The zero-order chi connectivity index (χ0) is 13.0. The average molecular weight is 270 g/mol. The lowest BCUT2D eigenvalue weighted by molar-refractivity contribution is 0.159. The normalized spacial score (nSPS) is 12.8. The van der Waals surface area contributed by atoms with Gasteiger partial charge in [0.1, 0.15) is 5.52 Å². The maximum absolute atomic E-state index is 9.44. The summed E-state index contributed by atoms with van der Waals surface area (Å²) in [5.41, 5.74) is 1.29. The molecule has 0 saturated heterocycles. The number of hydrogen-bond donors (Lipinski definition) is 2. The van der Waals surface area contributed by atoms with Crippen LogP contribution in [0.25, 0.3) is 11.1 Å². The van der Waals surface area contributed by atoms with Crippen LogP contribution in [0.1, 0.15) is 26.2 Å². The molecule has 1 atom stereocenters. The lowest BCUT2D eigenvalue weighted by Gasteiger charge is -2.08. The zero-order valence-electron chi connectivity index (χ0n) is 10.2. The van der Waals surface area contributed by atoms with Crippen molar-refractivity contribution in [3.8, 4) is 0 Å². The third kappa shape index (κ3) is 3.11. The molecular formula is C12H16ClN3O2. The summed E-state index contributed by atoms with van der Waals surface area (Å²) in [4.78, 5) is 8.14. The molecule has 0 radical (unpaired) electrons. The van der Waals surface area contributed by atoms with Crippen molar-refractivity contribution < 1.29 is 9.52 Å². The maximum Gasteiger partial charge on any atom is 0.225 e. The Labute approximate surface area is 110 Å². The number of aromatic nitrogens is 2. The smallest absolute Gasteiger partial charge is 0.225 e. The van der Waals surface area contributed by atoms with Crippen LogP contribution in [0.5, 0.6) is 0 Å². The van der Waals surface area contributed by atoms with Gasteiger partial charge in [-0.2, -0.15) is 4.98 Å². The molecule has 0 aromatic carbocycles. The monoisotopic (exact) mass is 269 g/mol. The van der Waals surface area contributed by atoms with Gasteiger partial charge in [-0.15, -0.1) is 0 Å². The molecule has 98 valence electrons. The highest BCUT2D eigenvalue weighted by molar-refractivity contribution is 6.28. The van der Waals surface area contributed by atoms with Gasteiger partial charge in [0, 0.05) is 12.6 Å². The molecule has 2 N–H and O–H groups in total. The van der Waals surface area contributed by atoms with Crippen LogP contribution < -0.4 is 5.32 Å². The third-order valence-corrected chi connectivity index (χ3v) is 2.92. The Morgan fingerprint density at radius 3 is 3.11 bits per heavy atom. The number of halogens is 1. The minimum atomic E-state index is -0.232. The predicted molar refractivity (Wildman–Crippen MR) is 70.8 cm³/mol. The SMILES string of the molecule is CCC(O)CCCNc1nc(Cl)nc2ccoc12. The highest BCUT2D eigenvalue weighted by Crippen LogP contribution is 2.22. The summed E-state index contributed by atoms with van der Waals surface area (Å²) < 4.78 is 5.31. The van der Waals surface area contributed by atoms with Gasteiger partial charge in [0.2, 0.25) is 5.28 Å². The van der Waals surface area contributed by atoms with E-state index in [2.05, 4.69) is 15.3 Å². The van der Waals surface area contributed by atoms with Gasteiger partial charge in [-0.25, -0.2) is 4.98 Å². The summed E-state index contributed by atoms with van der Waals surface area (Å²) in [7, 11) is 0. The first kappa shape index (κ1) is 13.1. The summed E-state index contributed by atoms with van der Waals surface area (Å²) in [5.74, 6) is 0.598. The van der Waals surface area contributed by atoms with Crippen LogP contribution in [0.2, 0.25) is 5.28 Å². The van der Waals surface area contributed by atoms with Crippen molar-refractivity contribution in [1.82, 2.24) is 9.97 Å². The highest BCUT2D eigenvalue weighted by Gasteiger charge is 2.09. The number of aliphatic hydroxyl groups is 1. The van der Waals surface area contributed by atoms with Gasteiger partial charge in [-0.3, -0.25) is 0 Å². The number of fused-ring (bicyclic) bond motifs is 1. The van der Waals surface area contributed by atoms with E-state index in [-0.39, 0.29) is 11.4 Å². The van der Waals surface area contributed by atoms with Gasteiger partial charge >= 0.3 is 0 Å². The Morgan fingerprint density at radius 1 is 1.50 bits per heavy atom. The molecule has 6 heteroatoms. The van der Waals surface area contributed by atoms with Crippen LogP contribution in [-0.2, 0) is 0 Å². The molecule has 2 heterocycles. The van der Waals surface area contributed by atoms with Crippen molar-refractivity contribution in [3.63, 3.8) is 0 Å². The minimum Gasteiger partial charge on any atom is -0.459 e. The van der Waals surface area contributed by atoms with E-state index < -0.39 is 0 Å². The first-order chi connectivity index (χ1) is 8.70. The lowest BCUT2D eigenvalue weighted by atomic mass is 10.1. The fourth-order valence-corrected chi connectivity index (χ4v) is 1.88. The molecule has 0 amide bonds. The second-order valence-corrected chi connectivity index (χ2v) is 4.45. The van der Waals surface area contributed by atoms with Gasteiger partial charge in [0.05, 0.1) is 12.4 Å². The minimum absolute atomic E-state index is 0.194. The van der Waals surface area contributed by atoms with Gasteiger partial charge in [0.15, 0.2) is 11.4 Å². The van der Waals surface area contributed by atoms with E-state index in [0.29, 0.717) is 23.5 Å². The lowest BCUT2D eigenvalue weighted by Crippen LogP contribution is -2.09. The van der Waals surface area contributed by atoms with Gasteiger partial charge < -0.3 is 14.8 Å². The van der Waals surface area contributed by atoms with Crippen LogP contribution in [0.3, 0.4) is 0 Å². The fourth-order valence-electron chi connectivity index (χ4n) is 1.70.